The molecule has 1 aromatic rings. The van der Waals surface area contributed by atoms with Crippen molar-refractivity contribution in [2.75, 3.05) is 4.90 Å². The fourth-order valence-corrected chi connectivity index (χ4v) is 3.20. The minimum atomic E-state index is -0.704. The Hall–Kier alpha value is -2.37. The van der Waals surface area contributed by atoms with Gasteiger partial charge < -0.3 is 10.6 Å². The number of benzene rings is 1. The van der Waals surface area contributed by atoms with E-state index in [1.165, 1.54) is 11.8 Å². The van der Waals surface area contributed by atoms with Crippen molar-refractivity contribution in [1.29, 1.82) is 0 Å². The van der Waals surface area contributed by atoms with Crippen molar-refractivity contribution in [2.45, 2.75) is 44.7 Å². The molecule has 4 amide bonds. The Labute approximate surface area is 128 Å². The van der Waals surface area contributed by atoms with Crippen molar-refractivity contribution < 1.29 is 14.4 Å². The average Bonchev–Trinajstić information content (AvgIpc) is 3.04. The number of nitrogens with one attached hydrogen (secondary N) is 2. The Morgan fingerprint density at radius 3 is 2.73 bits per heavy atom. The van der Waals surface area contributed by atoms with Crippen molar-refractivity contribution in [3.05, 3.63) is 29.8 Å². The first kappa shape index (κ1) is 14.6. The minimum Gasteiger partial charge on any atom is -0.352 e. The van der Waals surface area contributed by atoms with Gasteiger partial charge in [0.05, 0.1) is 5.69 Å². The standard InChI is InChI=1S/C16H19N3O3/c1-11(20)17-10-12-5-4-6-13(9-12)19-14(21)16(18-15(19)22)7-2-3-8-16/h4-6,9H,2-3,7-8,10H2,1H3,(H,17,20)(H,18,22). The summed E-state index contributed by atoms with van der Waals surface area (Å²) in [5, 5.41) is 5.57. The van der Waals surface area contributed by atoms with Gasteiger partial charge in [0.1, 0.15) is 5.54 Å². The maximum atomic E-state index is 12.7. The Morgan fingerprint density at radius 2 is 2.05 bits per heavy atom. The third-order valence-corrected chi connectivity index (χ3v) is 4.33. The molecule has 1 aliphatic heterocycles. The van der Waals surface area contributed by atoms with Crippen LogP contribution in [0.25, 0.3) is 0 Å². The van der Waals surface area contributed by atoms with Crippen LogP contribution in [-0.4, -0.2) is 23.4 Å². The molecule has 2 aliphatic rings. The quantitative estimate of drug-likeness (QED) is 0.834. The second-order valence-electron chi connectivity index (χ2n) is 5.94. The number of rotatable bonds is 3. The van der Waals surface area contributed by atoms with Gasteiger partial charge in [-0.25, -0.2) is 9.69 Å². The summed E-state index contributed by atoms with van der Waals surface area (Å²) in [5.41, 5.74) is 0.694. The molecule has 0 aromatic heterocycles. The van der Waals surface area contributed by atoms with Gasteiger partial charge in [-0.15, -0.1) is 0 Å². The van der Waals surface area contributed by atoms with E-state index in [2.05, 4.69) is 10.6 Å². The topological polar surface area (TPSA) is 78.5 Å². The number of carbonyl (C=O) groups is 3. The molecule has 2 N–H and O–H groups in total. The Bertz CT molecular complexity index is 635. The molecule has 116 valence electrons. The van der Waals surface area contributed by atoms with Gasteiger partial charge in [-0.05, 0) is 30.5 Å². The highest BCUT2D eigenvalue weighted by Crippen LogP contribution is 2.37. The van der Waals surface area contributed by atoms with Crippen LogP contribution in [0.1, 0.15) is 38.2 Å². The van der Waals surface area contributed by atoms with E-state index in [4.69, 9.17) is 0 Å². The molecule has 0 unspecified atom stereocenters. The van der Waals surface area contributed by atoms with Crippen molar-refractivity contribution >= 4 is 23.5 Å². The maximum Gasteiger partial charge on any atom is 0.329 e. The zero-order valence-corrected chi connectivity index (χ0v) is 12.5. The molecular weight excluding hydrogens is 282 g/mol. The molecule has 0 bridgehead atoms. The number of carbonyl (C=O) groups excluding carboxylic acids is 3. The Morgan fingerprint density at radius 1 is 1.32 bits per heavy atom. The summed E-state index contributed by atoms with van der Waals surface area (Å²) < 4.78 is 0. The monoisotopic (exact) mass is 301 g/mol. The normalized spacial score (nSPS) is 19.6. The second-order valence-corrected chi connectivity index (χ2v) is 5.94. The first-order valence-corrected chi connectivity index (χ1v) is 7.52. The maximum absolute atomic E-state index is 12.7. The highest BCUT2D eigenvalue weighted by molar-refractivity contribution is 6.23. The molecule has 1 aromatic carbocycles. The van der Waals surface area contributed by atoms with Gasteiger partial charge >= 0.3 is 6.03 Å². The number of nitrogens with zero attached hydrogens (tertiary/aromatic N) is 1. The first-order valence-electron chi connectivity index (χ1n) is 7.52. The molecule has 0 atom stereocenters. The summed E-state index contributed by atoms with van der Waals surface area (Å²) in [6, 6.07) is 6.78. The summed E-state index contributed by atoms with van der Waals surface area (Å²) >= 11 is 0. The van der Waals surface area contributed by atoms with Gasteiger partial charge in [-0.1, -0.05) is 25.0 Å². The van der Waals surface area contributed by atoms with E-state index in [9.17, 15) is 14.4 Å². The third kappa shape index (κ3) is 2.45. The summed E-state index contributed by atoms with van der Waals surface area (Å²) in [7, 11) is 0. The van der Waals surface area contributed by atoms with Gasteiger partial charge in [0, 0.05) is 13.5 Å². The minimum absolute atomic E-state index is 0.120. The van der Waals surface area contributed by atoms with Gasteiger partial charge in [0.15, 0.2) is 0 Å². The molecule has 6 heteroatoms. The Balaban J connectivity index is 1.84. The lowest BCUT2D eigenvalue weighted by Gasteiger charge is -2.20. The fraction of sp³-hybridized carbons (Fsp3) is 0.438. The van der Waals surface area contributed by atoms with Crippen molar-refractivity contribution in [1.82, 2.24) is 10.6 Å². The van der Waals surface area contributed by atoms with E-state index in [1.807, 2.05) is 6.07 Å². The molecule has 1 aliphatic carbocycles. The predicted octanol–water partition coefficient (Wildman–Crippen LogP) is 1.69. The molecule has 1 saturated heterocycles. The van der Waals surface area contributed by atoms with Crippen LogP contribution in [0.15, 0.2) is 24.3 Å². The smallest absolute Gasteiger partial charge is 0.329 e. The zero-order valence-electron chi connectivity index (χ0n) is 12.5. The molecule has 3 rings (SSSR count). The molecule has 1 saturated carbocycles. The van der Waals surface area contributed by atoms with E-state index >= 15 is 0 Å². The number of anilines is 1. The number of amides is 4. The molecule has 22 heavy (non-hydrogen) atoms. The van der Waals surface area contributed by atoms with E-state index in [0.29, 0.717) is 25.1 Å². The Kier molecular flexibility index (Phi) is 3.60. The molecule has 1 heterocycles. The highest BCUT2D eigenvalue weighted by Gasteiger charge is 2.52. The summed E-state index contributed by atoms with van der Waals surface area (Å²) in [5.74, 6) is -0.281. The number of urea groups is 1. The van der Waals surface area contributed by atoms with Crippen LogP contribution in [0.4, 0.5) is 10.5 Å². The summed E-state index contributed by atoms with van der Waals surface area (Å²) in [4.78, 5) is 37.2. The fourth-order valence-electron chi connectivity index (χ4n) is 3.20. The third-order valence-electron chi connectivity index (χ3n) is 4.33. The zero-order chi connectivity index (χ0) is 15.7. The van der Waals surface area contributed by atoms with Crippen LogP contribution in [0.3, 0.4) is 0 Å². The lowest BCUT2D eigenvalue weighted by Crippen LogP contribution is -2.44. The van der Waals surface area contributed by atoms with Crippen molar-refractivity contribution in [3.63, 3.8) is 0 Å². The highest BCUT2D eigenvalue weighted by atomic mass is 16.2. The van der Waals surface area contributed by atoms with E-state index in [-0.39, 0.29) is 17.8 Å². The van der Waals surface area contributed by atoms with E-state index < -0.39 is 5.54 Å². The van der Waals surface area contributed by atoms with E-state index in [0.717, 1.165) is 18.4 Å². The SMILES string of the molecule is CC(=O)NCc1cccc(N2C(=O)NC3(CCCC3)C2=O)c1. The van der Waals surface area contributed by atoms with Crippen LogP contribution in [0, 0.1) is 0 Å². The van der Waals surface area contributed by atoms with Crippen molar-refractivity contribution in [3.8, 4) is 0 Å². The number of hydrogen-bond donors (Lipinski definition) is 2. The molecular formula is C16H19N3O3. The second kappa shape index (κ2) is 5.44. The van der Waals surface area contributed by atoms with Crippen LogP contribution < -0.4 is 15.5 Å². The van der Waals surface area contributed by atoms with Gasteiger partial charge in [-0.2, -0.15) is 0 Å². The van der Waals surface area contributed by atoms with Gasteiger partial charge in [0.25, 0.3) is 5.91 Å². The predicted molar refractivity (Wildman–Crippen MR) is 81.2 cm³/mol. The molecule has 1 spiro atoms. The van der Waals surface area contributed by atoms with Crippen LogP contribution in [0.2, 0.25) is 0 Å². The lowest BCUT2D eigenvalue weighted by molar-refractivity contribution is -0.122. The summed E-state index contributed by atoms with van der Waals surface area (Å²) in [6.45, 7) is 1.82. The van der Waals surface area contributed by atoms with Gasteiger partial charge in [-0.3, -0.25) is 9.59 Å². The van der Waals surface area contributed by atoms with E-state index in [1.54, 1.807) is 18.2 Å². The van der Waals surface area contributed by atoms with Crippen LogP contribution in [-0.2, 0) is 16.1 Å². The number of hydrogen-bond acceptors (Lipinski definition) is 3. The molecule has 0 radical (unpaired) electrons. The molecule has 6 nitrogen and oxygen atoms in total. The number of imide groups is 1. The lowest BCUT2D eigenvalue weighted by atomic mass is 9.98. The summed E-state index contributed by atoms with van der Waals surface area (Å²) in [6.07, 6.45) is 3.34. The average molecular weight is 301 g/mol. The first-order chi connectivity index (χ1) is 10.5. The van der Waals surface area contributed by atoms with Crippen LogP contribution >= 0.6 is 0 Å². The van der Waals surface area contributed by atoms with Crippen LogP contribution in [0.5, 0.6) is 0 Å². The largest absolute Gasteiger partial charge is 0.352 e. The molecule has 2 fully saturated rings. The van der Waals surface area contributed by atoms with Crippen molar-refractivity contribution in [2.24, 2.45) is 0 Å². The van der Waals surface area contributed by atoms with Gasteiger partial charge in [0.2, 0.25) is 5.91 Å².